The predicted molar refractivity (Wildman–Crippen MR) is 142 cm³/mol. The number of carbonyl (C=O) groups is 1. The van der Waals surface area contributed by atoms with Gasteiger partial charge < -0.3 is 5.32 Å². The van der Waals surface area contributed by atoms with Crippen LogP contribution in [-0.4, -0.2) is 25.4 Å². The Labute approximate surface area is 208 Å². The fourth-order valence-corrected chi connectivity index (χ4v) is 6.34. The van der Waals surface area contributed by atoms with E-state index in [-0.39, 0.29) is 15.8 Å². The summed E-state index contributed by atoms with van der Waals surface area (Å²) in [5, 5.41) is 2.79. The highest BCUT2D eigenvalue weighted by Crippen LogP contribution is 2.26. The minimum absolute atomic E-state index is 0.0200. The molecule has 0 saturated heterocycles. The maximum Gasteiger partial charge on any atom is 0.308 e. The van der Waals surface area contributed by atoms with Crippen molar-refractivity contribution in [3.63, 3.8) is 0 Å². The Morgan fingerprint density at radius 2 is 1.71 bits per heavy atom. The van der Waals surface area contributed by atoms with Gasteiger partial charge in [-0.1, -0.05) is 41.2 Å². The molecule has 1 heterocycles. The fourth-order valence-electron chi connectivity index (χ4n) is 3.87. The molecule has 182 valence electrons. The zero-order valence-electron chi connectivity index (χ0n) is 20.0. The Morgan fingerprint density at radius 3 is 2.37 bits per heavy atom. The highest BCUT2D eigenvalue weighted by atomic mass is 32.2. The molecule has 4 aromatic rings. The molecule has 7 nitrogen and oxygen atoms in total. The number of fused-ring (bicyclic) bond motifs is 1. The number of amides is 1. The van der Waals surface area contributed by atoms with Gasteiger partial charge in [0.2, 0.25) is 5.91 Å². The fraction of sp³-hybridized carbons (Fsp3) is 0.231. The van der Waals surface area contributed by atoms with Crippen LogP contribution in [0.3, 0.4) is 0 Å². The van der Waals surface area contributed by atoms with E-state index in [9.17, 15) is 18.0 Å². The van der Waals surface area contributed by atoms with Crippen LogP contribution in [0.2, 0.25) is 0 Å². The van der Waals surface area contributed by atoms with Crippen molar-refractivity contribution in [1.82, 2.24) is 4.57 Å². The van der Waals surface area contributed by atoms with Crippen molar-refractivity contribution in [2.24, 2.45) is 0 Å². The number of rotatable bonds is 7. The quantitative estimate of drug-likeness (QED) is 0.376. The Hall–Kier alpha value is -3.43. The number of aromatic nitrogens is 1. The largest absolute Gasteiger partial charge is 0.324 e. The number of sulfonamides is 1. The summed E-state index contributed by atoms with van der Waals surface area (Å²) in [6.07, 6.45) is 0. The van der Waals surface area contributed by atoms with Crippen molar-refractivity contribution in [2.75, 3.05) is 16.2 Å². The molecule has 0 unspecified atom stereocenters. The molecule has 0 aliphatic carbocycles. The monoisotopic (exact) mass is 509 g/mol. The summed E-state index contributed by atoms with van der Waals surface area (Å²) in [6, 6.07) is 18.8. The molecule has 0 atom stereocenters. The van der Waals surface area contributed by atoms with Crippen LogP contribution in [0.1, 0.15) is 31.0 Å². The molecule has 0 aliphatic heterocycles. The second-order valence-corrected chi connectivity index (χ2v) is 11.6. The zero-order chi connectivity index (χ0) is 25.3. The predicted octanol–water partition coefficient (Wildman–Crippen LogP) is 5.09. The molecule has 1 aromatic heterocycles. The van der Waals surface area contributed by atoms with Gasteiger partial charge in [0.05, 0.1) is 20.8 Å². The van der Waals surface area contributed by atoms with Gasteiger partial charge in [-0.3, -0.25) is 18.5 Å². The first kappa shape index (κ1) is 24.7. The Balaban J connectivity index is 1.65. The zero-order valence-corrected chi connectivity index (χ0v) is 21.6. The average molecular weight is 510 g/mol. The lowest BCUT2D eigenvalue weighted by atomic mass is 10.2. The van der Waals surface area contributed by atoms with Gasteiger partial charge in [-0.2, -0.15) is 0 Å². The van der Waals surface area contributed by atoms with E-state index in [0.717, 1.165) is 37.0 Å². The van der Waals surface area contributed by atoms with Crippen LogP contribution in [0.15, 0.2) is 76.4 Å². The summed E-state index contributed by atoms with van der Waals surface area (Å²) in [7, 11) is -3.99. The third-order valence-corrected chi connectivity index (χ3v) is 8.31. The number of carbonyl (C=O) groups excluding carboxylic acids is 1. The highest BCUT2D eigenvalue weighted by molar-refractivity contribution is 7.92. The van der Waals surface area contributed by atoms with Crippen LogP contribution in [-0.2, 0) is 14.8 Å². The molecule has 35 heavy (non-hydrogen) atoms. The van der Waals surface area contributed by atoms with Gasteiger partial charge in [0.15, 0.2) is 0 Å². The van der Waals surface area contributed by atoms with Crippen LogP contribution in [0.25, 0.3) is 10.2 Å². The number of anilines is 2. The number of aryl methyl sites for hydroxylation is 2. The lowest BCUT2D eigenvalue weighted by Crippen LogP contribution is -2.38. The van der Waals surface area contributed by atoms with Gasteiger partial charge in [0.25, 0.3) is 10.0 Å². The second-order valence-electron chi connectivity index (χ2n) is 8.73. The topological polar surface area (TPSA) is 88.5 Å². The SMILES string of the molecule is Cc1ccc(S(=O)(=O)N(CC(=O)Nc2ccc3c(c2)sc(=O)n3C(C)C)c2cccc(C)c2)cc1. The van der Waals surface area contributed by atoms with Crippen LogP contribution in [0.5, 0.6) is 0 Å². The van der Waals surface area contributed by atoms with Gasteiger partial charge in [0, 0.05) is 11.7 Å². The van der Waals surface area contributed by atoms with E-state index in [4.69, 9.17) is 0 Å². The summed E-state index contributed by atoms with van der Waals surface area (Å²) in [5.74, 6) is -0.489. The molecule has 0 radical (unpaired) electrons. The summed E-state index contributed by atoms with van der Waals surface area (Å²) < 4.78 is 30.6. The van der Waals surface area contributed by atoms with Crippen LogP contribution < -0.4 is 14.5 Å². The number of benzene rings is 3. The van der Waals surface area contributed by atoms with Crippen molar-refractivity contribution in [1.29, 1.82) is 0 Å². The number of hydrogen-bond acceptors (Lipinski definition) is 5. The van der Waals surface area contributed by atoms with E-state index in [2.05, 4.69) is 5.32 Å². The number of hydrogen-bond donors (Lipinski definition) is 1. The maximum atomic E-state index is 13.5. The van der Waals surface area contributed by atoms with E-state index in [1.807, 2.05) is 33.8 Å². The van der Waals surface area contributed by atoms with E-state index in [1.165, 1.54) is 0 Å². The molecular formula is C26H27N3O4S2. The Morgan fingerprint density at radius 1 is 1.00 bits per heavy atom. The van der Waals surface area contributed by atoms with Crippen molar-refractivity contribution >= 4 is 48.9 Å². The summed E-state index contributed by atoms with van der Waals surface area (Å²) in [6.45, 7) is 7.23. The van der Waals surface area contributed by atoms with Crippen LogP contribution >= 0.6 is 11.3 Å². The van der Waals surface area contributed by atoms with Crippen molar-refractivity contribution < 1.29 is 13.2 Å². The third-order valence-electron chi connectivity index (χ3n) is 5.60. The van der Waals surface area contributed by atoms with Crippen molar-refractivity contribution in [2.45, 2.75) is 38.6 Å². The van der Waals surface area contributed by atoms with Gasteiger partial charge in [-0.05, 0) is 75.7 Å². The molecule has 0 aliphatic rings. The van der Waals surface area contributed by atoms with Crippen molar-refractivity contribution in [3.05, 3.63) is 87.5 Å². The highest BCUT2D eigenvalue weighted by Gasteiger charge is 2.27. The van der Waals surface area contributed by atoms with Crippen LogP contribution in [0, 0.1) is 13.8 Å². The van der Waals surface area contributed by atoms with Gasteiger partial charge in [-0.25, -0.2) is 8.42 Å². The maximum absolute atomic E-state index is 13.5. The smallest absolute Gasteiger partial charge is 0.308 e. The van der Waals surface area contributed by atoms with E-state index >= 15 is 0 Å². The molecule has 4 rings (SSSR count). The van der Waals surface area contributed by atoms with Gasteiger partial charge in [-0.15, -0.1) is 0 Å². The normalized spacial score (nSPS) is 11.7. The number of thiazole rings is 1. The lowest BCUT2D eigenvalue weighted by molar-refractivity contribution is -0.114. The lowest BCUT2D eigenvalue weighted by Gasteiger charge is -2.24. The molecule has 0 bridgehead atoms. The molecule has 0 spiro atoms. The first-order valence-electron chi connectivity index (χ1n) is 11.2. The summed E-state index contributed by atoms with van der Waals surface area (Å²) in [5.41, 5.74) is 3.52. The van der Waals surface area contributed by atoms with E-state index in [0.29, 0.717) is 11.4 Å². The molecular weight excluding hydrogens is 482 g/mol. The van der Waals surface area contributed by atoms with Gasteiger partial charge in [0.1, 0.15) is 6.54 Å². The van der Waals surface area contributed by atoms with E-state index in [1.54, 1.807) is 65.2 Å². The minimum atomic E-state index is -3.99. The molecule has 9 heteroatoms. The minimum Gasteiger partial charge on any atom is -0.324 e. The average Bonchev–Trinajstić information content (AvgIpc) is 3.12. The first-order valence-corrected chi connectivity index (χ1v) is 13.4. The van der Waals surface area contributed by atoms with Gasteiger partial charge >= 0.3 is 4.87 Å². The Bertz CT molecular complexity index is 1550. The molecule has 1 amide bonds. The molecule has 0 fully saturated rings. The standard InChI is InChI=1S/C26H27N3O4S2/c1-17(2)29-23-13-10-20(15-24(23)34-26(29)31)27-25(30)16-28(21-7-5-6-19(4)14-21)35(32,33)22-11-8-18(3)9-12-22/h5-15,17H,16H2,1-4H3,(H,27,30). The van der Waals surface area contributed by atoms with Crippen LogP contribution in [0.4, 0.5) is 11.4 Å². The number of nitrogens with one attached hydrogen (secondary N) is 1. The molecule has 3 aromatic carbocycles. The summed E-state index contributed by atoms with van der Waals surface area (Å²) in [4.78, 5) is 25.4. The Kier molecular flexibility index (Phi) is 6.82. The summed E-state index contributed by atoms with van der Waals surface area (Å²) >= 11 is 1.11. The van der Waals surface area contributed by atoms with E-state index < -0.39 is 22.5 Å². The second kappa shape index (κ2) is 9.67. The molecule has 1 N–H and O–H groups in total. The van der Waals surface area contributed by atoms with Crippen molar-refractivity contribution in [3.8, 4) is 0 Å². The molecule has 0 saturated carbocycles. The first-order chi connectivity index (χ1) is 16.6. The third kappa shape index (κ3) is 5.16. The number of nitrogens with zero attached hydrogens (tertiary/aromatic N) is 2.